The van der Waals surface area contributed by atoms with Gasteiger partial charge in [0.25, 0.3) is 0 Å². The van der Waals surface area contributed by atoms with Crippen molar-refractivity contribution in [1.82, 2.24) is 0 Å². The molecule has 0 radical (unpaired) electrons. The van der Waals surface area contributed by atoms with Crippen LogP contribution < -0.4 is 9.47 Å². The molecule has 116 valence electrons. The molecule has 0 aromatic heterocycles. The summed E-state index contributed by atoms with van der Waals surface area (Å²) in [4.78, 5) is 0. The zero-order valence-electron chi connectivity index (χ0n) is 14.1. The Labute approximate surface area is 133 Å². The van der Waals surface area contributed by atoms with Crippen LogP contribution in [-0.4, -0.2) is 7.11 Å². The Hall–Kier alpha value is -1.96. The molecule has 0 aliphatic carbocycles. The van der Waals surface area contributed by atoms with Gasteiger partial charge in [-0.15, -0.1) is 0 Å². The highest BCUT2D eigenvalue weighted by Gasteiger charge is 2.36. The molecule has 1 heterocycles. The van der Waals surface area contributed by atoms with Crippen LogP contribution in [0.3, 0.4) is 0 Å². The van der Waals surface area contributed by atoms with Gasteiger partial charge >= 0.3 is 0 Å². The summed E-state index contributed by atoms with van der Waals surface area (Å²) in [6, 6.07) is 14.9. The summed E-state index contributed by atoms with van der Waals surface area (Å²) < 4.78 is 11.6. The highest BCUT2D eigenvalue weighted by atomic mass is 16.5. The Kier molecular flexibility index (Phi) is 3.43. The smallest absolute Gasteiger partial charge is 0.135 e. The number of rotatable bonds is 2. The van der Waals surface area contributed by atoms with Crippen molar-refractivity contribution in [1.29, 1.82) is 0 Å². The molecule has 2 nitrogen and oxygen atoms in total. The van der Waals surface area contributed by atoms with E-state index in [9.17, 15) is 0 Å². The Morgan fingerprint density at radius 3 is 2.32 bits per heavy atom. The van der Waals surface area contributed by atoms with Crippen LogP contribution in [0.5, 0.6) is 11.5 Å². The van der Waals surface area contributed by atoms with Crippen LogP contribution in [0.2, 0.25) is 0 Å². The minimum Gasteiger partial charge on any atom is -0.497 e. The highest BCUT2D eigenvalue weighted by molar-refractivity contribution is 5.46. The average Bonchev–Trinajstić information content (AvgIpc) is 2.83. The van der Waals surface area contributed by atoms with E-state index < -0.39 is 0 Å². The van der Waals surface area contributed by atoms with Crippen molar-refractivity contribution in [3.8, 4) is 11.5 Å². The molecule has 1 aliphatic heterocycles. The van der Waals surface area contributed by atoms with Crippen molar-refractivity contribution < 1.29 is 9.47 Å². The minimum atomic E-state index is -0.300. The van der Waals surface area contributed by atoms with Crippen molar-refractivity contribution in [2.24, 2.45) is 0 Å². The quantitative estimate of drug-likeness (QED) is 0.789. The zero-order valence-corrected chi connectivity index (χ0v) is 14.1. The molecule has 22 heavy (non-hydrogen) atoms. The lowest BCUT2D eigenvalue weighted by Gasteiger charge is -2.26. The zero-order chi connectivity index (χ0) is 16.0. The van der Waals surface area contributed by atoms with Crippen molar-refractivity contribution in [2.45, 2.75) is 45.1 Å². The summed E-state index contributed by atoms with van der Waals surface area (Å²) in [6.07, 6.45) is 0.869. The first-order valence-corrected chi connectivity index (χ1v) is 7.79. The Morgan fingerprint density at radius 2 is 1.73 bits per heavy atom. The SMILES string of the molecule is COc1ccc2c(c1)CC(C)(c1ccc(C(C)(C)C)cc1)O2. The molecular weight excluding hydrogens is 272 g/mol. The fourth-order valence-electron chi connectivity index (χ4n) is 3.05. The van der Waals surface area contributed by atoms with Crippen LogP contribution in [0.25, 0.3) is 0 Å². The van der Waals surface area contributed by atoms with E-state index in [1.165, 1.54) is 16.7 Å². The maximum absolute atomic E-state index is 6.25. The number of methoxy groups -OCH3 is 1. The lowest BCUT2D eigenvalue weighted by molar-refractivity contribution is 0.115. The molecule has 0 saturated carbocycles. The summed E-state index contributed by atoms with van der Waals surface area (Å²) in [5.74, 6) is 1.85. The standard InChI is InChI=1S/C20H24O2/c1-19(2,3)15-6-8-16(9-7-15)20(4)13-14-12-17(21-5)10-11-18(14)22-20/h6-12H,13H2,1-5H3. The van der Waals surface area contributed by atoms with Crippen LogP contribution in [0.1, 0.15) is 44.4 Å². The van der Waals surface area contributed by atoms with Gasteiger partial charge in [0.05, 0.1) is 7.11 Å². The lowest BCUT2D eigenvalue weighted by atomic mass is 9.84. The minimum absolute atomic E-state index is 0.173. The first-order chi connectivity index (χ1) is 10.3. The highest BCUT2D eigenvalue weighted by Crippen LogP contribution is 2.42. The number of hydrogen-bond donors (Lipinski definition) is 0. The van der Waals surface area contributed by atoms with Gasteiger partial charge in [0.15, 0.2) is 0 Å². The van der Waals surface area contributed by atoms with Crippen molar-refractivity contribution in [3.63, 3.8) is 0 Å². The molecule has 2 aromatic carbocycles. The summed E-state index contributed by atoms with van der Waals surface area (Å²) in [5, 5.41) is 0. The summed E-state index contributed by atoms with van der Waals surface area (Å²) >= 11 is 0. The van der Waals surface area contributed by atoms with E-state index in [4.69, 9.17) is 9.47 Å². The monoisotopic (exact) mass is 296 g/mol. The second kappa shape index (κ2) is 5.05. The number of hydrogen-bond acceptors (Lipinski definition) is 2. The normalized spacial score (nSPS) is 20.4. The molecule has 0 amide bonds. The fraction of sp³-hybridized carbons (Fsp3) is 0.400. The van der Waals surface area contributed by atoms with E-state index in [2.05, 4.69) is 58.0 Å². The lowest BCUT2D eigenvalue weighted by Crippen LogP contribution is -2.27. The topological polar surface area (TPSA) is 18.5 Å². The number of ether oxygens (including phenoxy) is 2. The summed E-state index contributed by atoms with van der Waals surface area (Å²) in [6.45, 7) is 8.86. The first kappa shape index (κ1) is 15.0. The average molecular weight is 296 g/mol. The number of benzene rings is 2. The molecule has 2 heteroatoms. The summed E-state index contributed by atoms with van der Waals surface area (Å²) in [7, 11) is 1.70. The largest absolute Gasteiger partial charge is 0.497 e. The van der Waals surface area contributed by atoms with Gasteiger partial charge in [0, 0.05) is 12.0 Å². The predicted octanol–water partition coefficient (Wildman–Crippen LogP) is 4.84. The molecule has 2 aromatic rings. The van der Waals surface area contributed by atoms with Gasteiger partial charge in [-0.05, 0) is 41.7 Å². The number of fused-ring (bicyclic) bond motifs is 1. The van der Waals surface area contributed by atoms with Gasteiger partial charge in [0.2, 0.25) is 0 Å². The second-order valence-electron chi connectivity index (χ2n) is 7.31. The first-order valence-electron chi connectivity index (χ1n) is 7.79. The third-order valence-electron chi connectivity index (χ3n) is 4.49. The van der Waals surface area contributed by atoms with E-state index in [1.54, 1.807) is 7.11 Å². The van der Waals surface area contributed by atoms with E-state index in [0.29, 0.717) is 0 Å². The molecule has 0 saturated heterocycles. The Balaban J connectivity index is 1.89. The third-order valence-corrected chi connectivity index (χ3v) is 4.49. The molecule has 1 unspecified atom stereocenters. The van der Waals surface area contributed by atoms with E-state index in [0.717, 1.165) is 17.9 Å². The maximum Gasteiger partial charge on any atom is 0.135 e. The van der Waals surface area contributed by atoms with Gasteiger partial charge in [0.1, 0.15) is 17.1 Å². The molecular formula is C20H24O2. The van der Waals surface area contributed by atoms with Gasteiger partial charge in [-0.2, -0.15) is 0 Å². The maximum atomic E-state index is 6.25. The fourth-order valence-corrected chi connectivity index (χ4v) is 3.05. The van der Waals surface area contributed by atoms with Crippen LogP contribution in [0.15, 0.2) is 42.5 Å². The van der Waals surface area contributed by atoms with Crippen molar-refractivity contribution in [3.05, 3.63) is 59.2 Å². The molecule has 0 spiro atoms. The Morgan fingerprint density at radius 1 is 1.05 bits per heavy atom. The molecule has 0 fully saturated rings. The van der Waals surface area contributed by atoms with Crippen LogP contribution in [-0.2, 0) is 17.4 Å². The van der Waals surface area contributed by atoms with E-state index in [-0.39, 0.29) is 11.0 Å². The molecule has 0 N–H and O–H groups in total. The van der Waals surface area contributed by atoms with Crippen molar-refractivity contribution >= 4 is 0 Å². The van der Waals surface area contributed by atoms with Crippen molar-refractivity contribution in [2.75, 3.05) is 7.11 Å². The second-order valence-corrected chi connectivity index (χ2v) is 7.31. The van der Waals surface area contributed by atoms with Crippen LogP contribution in [0.4, 0.5) is 0 Å². The predicted molar refractivity (Wildman–Crippen MR) is 89.8 cm³/mol. The van der Waals surface area contributed by atoms with Gasteiger partial charge in [-0.3, -0.25) is 0 Å². The molecule has 0 bridgehead atoms. The summed E-state index contributed by atoms with van der Waals surface area (Å²) in [5.41, 5.74) is 3.65. The van der Waals surface area contributed by atoms with E-state index >= 15 is 0 Å². The van der Waals surface area contributed by atoms with Gasteiger partial charge < -0.3 is 9.47 Å². The van der Waals surface area contributed by atoms with Crippen LogP contribution in [0, 0.1) is 0 Å². The molecule has 3 rings (SSSR count). The third kappa shape index (κ3) is 2.58. The van der Waals surface area contributed by atoms with Gasteiger partial charge in [-0.1, -0.05) is 45.0 Å². The van der Waals surface area contributed by atoms with Gasteiger partial charge in [-0.25, -0.2) is 0 Å². The molecule has 1 atom stereocenters. The van der Waals surface area contributed by atoms with E-state index in [1.807, 2.05) is 12.1 Å². The Bertz CT molecular complexity index is 680. The van der Waals surface area contributed by atoms with Crippen LogP contribution >= 0.6 is 0 Å². The molecule has 1 aliphatic rings.